The average molecular weight is 700 g/mol. The molecule has 0 unspecified atom stereocenters. The highest BCUT2D eigenvalue weighted by Gasteiger charge is 2.22. The smallest absolute Gasteiger partial charge is 0.0619 e. The fraction of sp³-hybridized carbons (Fsp3) is 0. The summed E-state index contributed by atoms with van der Waals surface area (Å²) in [7, 11) is 0. The van der Waals surface area contributed by atoms with Crippen LogP contribution in [0.5, 0.6) is 0 Å². The molecule has 0 aliphatic carbocycles. The predicted molar refractivity (Wildman–Crippen MR) is 233 cm³/mol. The zero-order valence-corrected chi connectivity index (χ0v) is 29.9. The number of benzene rings is 9. The van der Waals surface area contributed by atoms with E-state index in [2.05, 4.69) is 214 Å². The Hall–Kier alpha value is -7.36. The van der Waals surface area contributed by atoms with Crippen molar-refractivity contribution in [1.82, 2.24) is 8.97 Å². The number of hydrogen-bond acceptors (Lipinski definition) is 1. The molecule has 3 heteroatoms. The number of aromatic nitrogens is 2. The minimum absolute atomic E-state index is 1.10. The molecule has 0 spiro atoms. The van der Waals surface area contributed by atoms with Crippen LogP contribution in [-0.2, 0) is 0 Å². The van der Waals surface area contributed by atoms with Crippen molar-refractivity contribution < 1.29 is 0 Å². The summed E-state index contributed by atoms with van der Waals surface area (Å²) in [4.78, 5) is 2.36. The van der Waals surface area contributed by atoms with Gasteiger partial charge in [-0.05, 0) is 94.0 Å². The minimum atomic E-state index is 1.10. The molecule has 3 aromatic heterocycles. The standard InChI is InChI=1S/C52H33N3/c1-2-15-36(16-3-1)53(37-31-29-35(30-32-37)41-21-8-14-34-13-4-5-19-40(34)41)38-17-9-18-39(33-38)54-47-26-11-22-43-45-24-10-23-44-42-20-6-7-25-46(42)55(52(44)45)49-28-12-27-48(54)51(49)50(43)47/h1-33H. The molecule has 0 N–H and O–H groups in total. The van der Waals surface area contributed by atoms with Gasteiger partial charge in [-0.25, -0.2) is 0 Å². The first-order valence-electron chi connectivity index (χ1n) is 18.9. The molecular weight excluding hydrogens is 667 g/mol. The van der Waals surface area contributed by atoms with Crippen molar-refractivity contribution in [3.63, 3.8) is 0 Å². The number of rotatable bonds is 5. The molecule has 0 aliphatic rings. The lowest BCUT2D eigenvalue weighted by atomic mass is 9.98. The lowest BCUT2D eigenvalue weighted by Crippen LogP contribution is -2.10. The Balaban J connectivity index is 1.08. The monoisotopic (exact) mass is 699 g/mol. The molecule has 9 aromatic carbocycles. The van der Waals surface area contributed by atoms with Crippen LogP contribution in [0, 0.1) is 0 Å². The van der Waals surface area contributed by atoms with Crippen LogP contribution in [0.15, 0.2) is 200 Å². The van der Waals surface area contributed by atoms with Gasteiger partial charge in [0.05, 0.1) is 27.6 Å². The van der Waals surface area contributed by atoms with E-state index in [0.717, 1.165) is 22.7 Å². The third kappa shape index (κ3) is 4.32. The summed E-state index contributed by atoms with van der Waals surface area (Å²) < 4.78 is 4.96. The molecule has 0 atom stereocenters. The van der Waals surface area contributed by atoms with Crippen molar-refractivity contribution >= 4 is 87.7 Å². The third-order valence-electron chi connectivity index (χ3n) is 11.6. The fourth-order valence-electron chi connectivity index (χ4n) is 9.33. The zero-order valence-electron chi connectivity index (χ0n) is 29.9. The highest BCUT2D eigenvalue weighted by molar-refractivity contribution is 6.31. The van der Waals surface area contributed by atoms with E-state index in [-0.39, 0.29) is 0 Å². The molecule has 0 bridgehead atoms. The quantitative estimate of drug-likeness (QED) is 0.174. The molecule has 0 amide bonds. The molecule has 0 saturated carbocycles. The maximum absolute atomic E-state index is 2.50. The second kappa shape index (κ2) is 11.6. The number of para-hydroxylation sites is 3. The summed E-state index contributed by atoms with van der Waals surface area (Å²) in [6.07, 6.45) is 0. The SMILES string of the molecule is c1ccc(N(c2ccc(-c3cccc4ccccc34)cc2)c2cccc(-n3c4cccc5c6cccc7c8ccccc8n(c8cccc3c8c54)c67)c2)cc1. The zero-order chi connectivity index (χ0) is 36.0. The second-order valence-corrected chi connectivity index (χ2v) is 14.5. The minimum Gasteiger partial charge on any atom is -0.310 e. The molecule has 3 heterocycles. The Morgan fingerprint density at radius 2 is 0.909 bits per heavy atom. The first-order valence-corrected chi connectivity index (χ1v) is 18.9. The van der Waals surface area contributed by atoms with Gasteiger partial charge in [0, 0.05) is 49.7 Å². The van der Waals surface area contributed by atoms with Crippen molar-refractivity contribution in [3.8, 4) is 16.8 Å². The maximum atomic E-state index is 2.50. The van der Waals surface area contributed by atoms with Gasteiger partial charge in [-0.1, -0.05) is 133 Å². The molecule has 0 radical (unpaired) electrons. The molecular formula is C52H33N3. The van der Waals surface area contributed by atoms with Gasteiger partial charge in [-0.2, -0.15) is 0 Å². The van der Waals surface area contributed by atoms with Crippen LogP contribution in [-0.4, -0.2) is 8.97 Å². The summed E-state index contributed by atoms with van der Waals surface area (Å²) in [5.41, 5.74) is 13.0. The summed E-state index contributed by atoms with van der Waals surface area (Å²) >= 11 is 0. The van der Waals surface area contributed by atoms with E-state index in [4.69, 9.17) is 0 Å². The molecule has 12 rings (SSSR count). The number of fused-ring (bicyclic) bond motifs is 6. The molecule has 3 nitrogen and oxygen atoms in total. The molecule has 0 fully saturated rings. The number of anilines is 3. The van der Waals surface area contributed by atoms with Crippen LogP contribution in [0.2, 0.25) is 0 Å². The first-order chi connectivity index (χ1) is 27.3. The lowest BCUT2D eigenvalue weighted by molar-refractivity contribution is 1.17. The summed E-state index contributed by atoms with van der Waals surface area (Å²) in [6, 6.07) is 73.1. The Bertz CT molecular complexity index is 3420. The van der Waals surface area contributed by atoms with Gasteiger partial charge in [0.1, 0.15) is 0 Å². The van der Waals surface area contributed by atoms with Crippen molar-refractivity contribution in [2.45, 2.75) is 0 Å². The highest BCUT2D eigenvalue weighted by atomic mass is 15.1. The van der Waals surface area contributed by atoms with Crippen molar-refractivity contribution in [3.05, 3.63) is 200 Å². The van der Waals surface area contributed by atoms with Crippen LogP contribution in [0.1, 0.15) is 0 Å². The van der Waals surface area contributed by atoms with Crippen molar-refractivity contribution in [2.75, 3.05) is 4.90 Å². The van der Waals surface area contributed by atoms with Crippen LogP contribution in [0.3, 0.4) is 0 Å². The Labute approximate surface area is 317 Å². The van der Waals surface area contributed by atoms with Crippen LogP contribution in [0.4, 0.5) is 17.1 Å². The van der Waals surface area contributed by atoms with Gasteiger partial charge < -0.3 is 13.9 Å². The van der Waals surface area contributed by atoms with Gasteiger partial charge in [-0.3, -0.25) is 0 Å². The second-order valence-electron chi connectivity index (χ2n) is 14.5. The Morgan fingerprint density at radius 1 is 0.345 bits per heavy atom. The number of hydrogen-bond donors (Lipinski definition) is 0. The van der Waals surface area contributed by atoms with Gasteiger partial charge in [-0.15, -0.1) is 0 Å². The Morgan fingerprint density at radius 3 is 1.78 bits per heavy atom. The van der Waals surface area contributed by atoms with Crippen LogP contribution in [0.25, 0.3) is 87.5 Å². The van der Waals surface area contributed by atoms with E-state index < -0.39 is 0 Å². The predicted octanol–water partition coefficient (Wildman–Crippen LogP) is 14.2. The highest BCUT2D eigenvalue weighted by Crippen LogP contribution is 2.45. The van der Waals surface area contributed by atoms with Crippen LogP contribution >= 0.6 is 0 Å². The van der Waals surface area contributed by atoms with E-state index in [1.807, 2.05) is 0 Å². The maximum Gasteiger partial charge on any atom is 0.0619 e. The van der Waals surface area contributed by atoms with Gasteiger partial charge in [0.2, 0.25) is 0 Å². The number of nitrogens with zero attached hydrogens (tertiary/aromatic N) is 3. The largest absolute Gasteiger partial charge is 0.310 e. The summed E-state index contributed by atoms with van der Waals surface area (Å²) in [6.45, 7) is 0. The van der Waals surface area contributed by atoms with E-state index in [1.54, 1.807) is 0 Å². The van der Waals surface area contributed by atoms with E-state index in [9.17, 15) is 0 Å². The van der Waals surface area contributed by atoms with Gasteiger partial charge in [0.25, 0.3) is 0 Å². The topological polar surface area (TPSA) is 12.6 Å². The van der Waals surface area contributed by atoms with Crippen molar-refractivity contribution in [1.29, 1.82) is 0 Å². The molecule has 0 saturated heterocycles. The fourth-order valence-corrected chi connectivity index (χ4v) is 9.33. The van der Waals surface area contributed by atoms with Crippen LogP contribution < -0.4 is 4.90 Å². The summed E-state index contributed by atoms with van der Waals surface area (Å²) in [5.74, 6) is 0. The first kappa shape index (κ1) is 30.1. The Kier molecular flexibility index (Phi) is 6.34. The lowest BCUT2D eigenvalue weighted by Gasteiger charge is -2.26. The third-order valence-corrected chi connectivity index (χ3v) is 11.6. The molecule has 12 aromatic rings. The molecule has 0 aliphatic heterocycles. The van der Waals surface area contributed by atoms with Gasteiger partial charge >= 0.3 is 0 Å². The molecule has 256 valence electrons. The molecule has 55 heavy (non-hydrogen) atoms. The van der Waals surface area contributed by atoms with E-state index in [1.165, 1.54) is 81.8 Å². The average Bonchev–Trinajstić information content (AvgIpc) is 3.73. The van der Waals surface area contributed by atoms with Crippen molar-refractivity contribution in [2.24, 2.45) is 0 Å². The van der Waals surface area contributed by atoms with E-state index in [0.29, 0.717) is 0 Å². The van der Waals surface area contributed by atoms with E-state index >= 15 is 0 Å². The summed E-state index contributed by atoms with van der Waals surface area (Å²) in [5, 5.41) is 10.2. The normalized spacial score (nSPS) is 12.0. The van der Waals surface area contributed by atoms with Gasteiger partial charge in [0.15, 0.2) is 0 Å².